The van der Waals surface area contributed by atoms with Gasteiger partial charge in [-0.25, -0.2) is 8.78 Å². The van der Waals surface area contributed by atoms with Crippen LogP contribution in [-0.2, 0) is 4.79 Å². The second-order valence-corrected chi connectivity index (χ2v) is 4.77. The molecule has 0 radical (unpaired) electrons. The molecular formula is C13H16F2N2O. The second-order valence-electron chi connectivity index (χ2n) is 4.77. The Morgan fingerprint density at radius 1 is 1.28 bits per heavy atom. The van der Waals surface area contributed by atoms with Gasteiger partial charge in [-0.3, -0.25) is 4.79 Å². The number of halogens is 2. The van der Waals surface area contributed by atoms with Crippen LogP contribution in [0.4, 0.5) is 14.5 Å². The number of hydrogen-bond acceptors (Lipinski definition) is 2. The van der Waals surface area contributed by atoms with Gasteiger partial charge in [0.15, 0.2) is 0 Å². The van der Waals surface area contributed by atoms with Gasteiger partial charge in [0.2, 0.25) is 5.91 Å². The van der Waals surface area contributed by atoms with E-state index in [-0.39, 0.29) is 23.6 Å². The summed E-state index contributed by atoms with van der Waals surface area (Å²) in [6.07, 6.45) is 3.21. The number of hydrogen-bond donors (Lipinski definition) is 2. The smallest absolute Gasteiger partial charge is 0.224 e. The predicted molar refractivity (Wildman–Crippen MR) is 64.9 cm³/mol. The molecule has 1 aromatic carbocycles. The van der Waals surface area contributed by atoms with E-state index in [2.05, 4.69) is 5.32 Å². The molecule has 0 unspecified atom stereocenters. The van der Waals surface area contributed by atoms with Crippen molar-refractivity contribution in [2.45, 2.75) is 31.7 Å². The molecule has 5 heteroatoms. The van der Waals surface area contributed by atoms with Gasteiger partial charge in [-0.2, -0.15) is 0 Å². The molecule has 2 atom stereocenters. The Kier molecular flexibility index (Phi) is 3.91. The molecule has 1 aliphatic carbocycles. The van der Waals surface area contributed by atoms with Gasteiger partial charge in [-0.05, 0) is 30.9 Å². The van der Waals surface area contributed by atoms with Gasteiger partial charge >= 0.3 is 0 Å². The number of amides is 1. The summed E-state index contributed by atoms with van der Waals surface area (Å²) in [5, 5.41) is 2.50. The van der Waals surface area contributed by atoms with E-state index in [1.807, 2.05) is 0 Å². The van der Waals surface area contributed by atoms with Crippen LogP contribution in [0.2, 0.25) is 0 Å². The molecule has 0 bridgehead atoms. The SMILES string of the molecule is N[C@@H]1CCC[C@H]1CC(=O)Nc1cc(F)cc(F)c1. The fraction of sp³-hybridized carbons (Fsp3) is 0.462. The quantitative estimate of drug-likeness (QED) is 0.870. The first-order valence-corrected chi connectivity index (χ1v) is 6.06. The number of benzene rings is 1. The predicted octanol–water partition coefficient (Wildman–Crippen LogP) is 2.42. The van der Waals surface area contributed by atoms with E-state index < -0.39 is 11.6 Å². The number of rotatable bonds is 3. The molecule has 1 saturated carbocycles. The van der Waals surface area contributed by atoms with E-state index >= 15 is 0 Å². The van der Waals surface area contributed by atoms with Crippen molar-refractivity contribution < 1.29 is 13.6 Å². The lowest BCUT2D eigenvalue weighted by Crippen LogP contribution is -2.28. The zero-order valence-corrected chi connectivity index (χ0v) is 9.96. The first-order chi connectivity index (χ1) is 8.54. The molecule has 2 rings (SSSR count). The van der Waals surface area contributed by atoms with Gasteiger partial charge in [-0.1, -0.05) is 6.42 Å². The first kappa shape index (κ1) is 13.0. The largest absolute Gasteiger partial charge is 0.327 e. The van der Waals surface area contributed by atoms with Gasteiger partial charge in [0, 0.05) is 24.2 Å². The van der Waals surface area contributed by atoms with E-state index in [1.165, 1.54) is 0 Å². The molecule has 0 spiro atoms. The third-order valence-corrected chi connectivity index (χ3v) is 3.31. The van der Waals surface area contributed by atoms with Crippen LogP contribution < -0.4 is 11.1 Å². The molecule has 1 aromatic rings. The minimum Gasteiger partial charge on any atom is -0.327 e. The van der Waals surface area contributed by atoms with Crippen molar-refractivity contribution in [2.24, 2.45) is 11.7 Å². The number of nitrogens with two attached hydrogens (primary N) is 1. The minimum atomic E-state index is -0.706. The number of carbonyl (C=O) groups excluding carboxylic acids is 1. The number of nitrogens with one attached hydrogen (secondary N) is 1. The molecule has 0 aliphatic heterocycles. The maximum absolute atomic E-state index is 12.9. The molecule has 3 nitrogen and oxygen atoms in total. The molecule has 3 N–H and O–H groups in total. The second kappa shape index (κ2) is 5.44. The Hall–Kier alpha value is -1.49. The minimum absolute atomic E-state index is 0.0556. The summed E-state index contributed by atoms with van der Waals surface area (Å²) in [7, 11) is 0. The van der Waals surface area contributed by atoms with E-state index in [4.69, 9.17) is 5.73 Å². The fourth-order valence-electron chi connectivity index (χ4n) is 2.40. The summed E-state index contributed by atoms with van der Waals surface area (Å²) in [5.74, 6) is -1.49. The van der Waals surface area contributed by atoms with Crippen LogP contribution in [0.5, 0.6) is 0 Å². The standard InChI is InChI=1S/C13H16F2N2O/c14-9-5-10(15)7-11(6-9)17-13(18)4-8-2-1-3-12(8)16/h5-8,12H,1-4,16H2,(H,17,18)/t8-,12+/m0/s1. The topological polar surface area (TPSA) is 55.1 Å². The van der Waals surface area contributed by atoms with Gasteiger partial charge < -0.3 is 11.1 Å². The van der Waals surface area contributed by atoms with Crippen molar-refractivity contribution >= 4 is 11.6 Å². The van der Waals surface area contributed by atoms with E-state index in [0.717, 1.165) is 37.5 Å². The average Bonchev–Trinajstić information content (AvgIpc) is 2.62. The van der Waals surface area contributed by atoms with Crippen molar-refractivity contribution in [1.29, 1.82) is 0 Å². The highest BCUT2D eigenvalue weighted by Gasteiger charge is 2.26. The summed E-state index contributed by atoms with van der Waals surface area (Å²) in [5.41, 5.74) is 6.01. The van der Waals surface area contributed by atoms with E-state index in [9.17, 15) is 13.6 Å². The third-order valence-electron chi connectivity index (χ3n) is 3.31. The van der Waals surface area contributed by atoms with Gasteiger partial charge in [-0.15, -0.1) is 0 Å². The molecule has 1 fully saturated rings. The average molecular weight is 254 g/mol. The highest BCUT2D eigenvalue weighted by atomic mass is 19.1. The van der Waals surface area contributed by atoms with Crippen molar-refractivity contribution in [3.63, 3.8) is 0 Å². The Balaban J connectivity index is 1.94. The molecule has 1 aliphatic rings. The Morgan fingerprint density at radius 2 is 1.94 bits per heavy atom. The zero-order valence-electron chi connectivity index (χ0n) is 9.96. The zero-order chi connectivity index (χ0) is 13.1. The molecule has 98 valence electrons. The van der Waals surface area contributed by atoms with Crippen LogP contribution >= 0.6 is 0 Å². The van der Waals surface area contributed by atoms with E-state index in [0.29, 0.717) is 6.42 Å². The lowest BCUT2D eigenvalue weighted by atomic mass is 10.00. The van der Waals surface area contributed by atoms with Crippen molar-refractivity contribution in [3.8, 4) is 0 Å². The van der Waals surface area contributed by atoms with Crippen LogP contribution in [0, 0.1) is 17.6 Å². The van der Waals surface area contributed by atoms with Crippen LogP contribution in [-0.4, -0.2) is 11.9 Å². The number of anilines is 1. The van der Waals surface area contributed by atoms with Crippen molar-refractivity contribution in [2.75, 3.05) is 5.32 Å². The Labute approximate surface area is 104 Å². The highest BCUT2D eigenvalue weighted by molar-refractivity contribution is 5.90. The molecule has 0 aromatic heterocycles. The molecule has 18 heavy (non-hydrogen) atoms. The molecule has 1 amide bonds. The molecular weight excluding hydrogens is 238 g/mol. The maximum Gasteiger partial charge on any atom is 0.224 e. The van der Waals surface area contributed by atoms with Gasteiger partial charge in [0.05, 0.1) is 0 Å². The number of carbonyl (C=O) groups is 1. The first-order valence-electron chi connectivity index (χ1n) is 6.06. The van der Waals surface area contributed by atoms with Crippen molar-refractivity contribution in [1.82, 2.24) is 0 Å². The highest BCUT2D eigenvalue weighted by Crippen LogP contribution is 2.27. The molecule has 0 heterocycles. The third kappa shape index (κ3) is 3.26. The summed E-state index contributed by atoms with van der Waals surface area (Å²) >= 11 is 0. The van der Waals surface area contributed by atoms with Gasteiger partial charge in [0.1, 0.15) is 11.6 Å². The maximum atomic E-state index is 12.9. The summed E-state index contributed by atoms with van der Waals surface area (Å²) < 4.78 is 25.9. The molecule has 0 saturated heterocycles. The van der Waals surface area contributed by atoms with Gasteiger partial charge in [0.25, 0.3) is 0 Å². The fourth-order valence-corrected chi connectivity index (χ4v) is 2.40. The van der Waals surface area contributed by atoms with Crippen molar-refractivity contribution in [3.05, 3.63) is 29.8 Å². The van der Waals surface area contributed by atoms with E-state index in [1.54, 1.807) is 0 Å². The van der Waals surface area contributed by atoms with Crippen LogP contribution in [0.1, 0.15) is 25.7 Å². The van der Waals surface area contributed by atoms with Crippen LogP contribution in [0.15, 0.2) is 18.2 Å². The summed E-state index contributed by atoms with van der Waals surface area (Å²) in [4.78, 5) is 11.7. The normalized spacial score (nSPS) is 23.1. The Morgan fingerprint density at radius 3 is 2.50 bits per heavy atom. The summed E-state index contributed by atoms with van der Waals surface area (Å²) in [6, 6.07) is 3.01. The Bertz CT molecular complexity index is 430. The van der Waals surface area contributed by atoms with Crippen LogP contribution in [0.3, 0.4) is 0 Å². The lowest BCUT2D eigenvalue weighted by molar-refractivity contribution is -0.117. The lowest BCUT2D eigenvalue weighted by Gasteiger charge is -2.14. The van der Waals surface area contributed by atoms with Crippen LogP contribution in [0.25, 0.3) is 0 Å². The monoisotopic (exact) mass is 254 g/mol. The summed E-state index contributed by atoms with van der Waals surface area (Å²) in [6.45, 7) is 0.